The summed E-state index contributed by atoms with van der Waals surface area (Å²) in [7, 11) is 0. The molecule has 8 heteroatoms. The van der Waals surface area contributed by atoms with E-state index in [1.807, 2.05) is 122 Å². The highest BCUT2D eigenvalue weighted by Crippen LogP contribution is 2.39. The van der Waals surface area contributed by atoms with Crippen LogP contribution in [0.25, 0.3) is 0 Å². The summed E-state index contributed by atoms with van der Waals surface area (Å²) in [5.41, 5.74) is 5.32. The van der Waals surface area contributed by atoms with Crippen LogP contribution in [0.15, 0.2) is 127 Å². The van der Waals surface area contributed by atoms with Crippen LogP contribution in [0.1, 0.15) is 46.4 Å². The number of rotatable bonds is 15. The van der Waals surface area contributed by atoms with Gasteiger partial charge < -0.3 is 28.8 Å². The van der Waals surface area contributed by atoms with Gasteiger partial charge in [0, 0.05) is 5.02 Å². The molecule has 1 saturated heterocycles. The zero-order valence-corrected chi connectivity index (χ0v) is 28.8. The van der Waals surface area contributed by atoms with Crippen molar-refractivity contribution in [2.75, 3.05) is 13.2 Å². The number of aliphatic hydroxyl groups is 1. The van der Waals surface area contributed by atoms with E-state index < -0.39 is 36.3 Å². The molecule has 1 N–H and O–H groups in total. The molecule has 5 aromatic carbocycles. The third-order valence-corrected chi connectivity index (χ3v) is 9.13. The van der Waals surface area contributed by atoms with Crippen molar-refractivity contribution in [2.45, 2.75) is 63.7 Å². The first-order valence-electron chi connectivity index (χ1n) is 16.9. The average Bonchev–Trinajstić information content (AvgIpc) is 3.15. The van der Waals surface area contributed by atoms with E-state index in [4.69, 9.17) is 35.3 Å². The molecule has 1 fully saturated rings. The van der Waals surface area contributed by atoms with Crippen molar-refractivity contribution in [3.63, 3.8) is 0 Å². The fourth-order valence-electron chi connectivity index (χ4n) is 6.26. The summed E-state index contributed by atoms with van der Waals surface area (Å²) in [6, 6.07) is 40.4. The molecule has 5 atom stereocenters. The molecule has 0 amide bonds. The van der Waals surface area contributed by atoms with E-state index in [0.29, 0.717) is 37.9 Å². The smallest absolute Gasteiger partial charge is 0.165 e. The lowest BCUT2D eigenvalue weighted by Gasteiger charge is -2.46. The summed E-state index contributed by atoms with van der Waals surface area (Å²) in [5, 5.41) is 11.3. The predicted molar refractivity (Wildman–Crippen MR) is 192 cm³/mol. The predicted octanol–water partition coefficient (Wildman–Crippen LogP) is 8.66. The van der Waals surface area contributed by atoms with Gasteiger partial charge in [0.1, 0.15) is 30.5 Å². The number of hydrogen-bond donors (Lipinski definition) is 1. The van der Waals surface area contributed by atoms with Gasteiger partial charge in [-0.05, 0) is 64.9 Å². The van der Waals surface area contributed by atoms with E-state index in [1.54, 1.807) is 6.07 Å². The Morgan fingerprint density at radius 3 is 1.76 bits per heavy atom. The van der Waals surface area contributed by atoms with Gasteiger partial charge >= 0.3 is 0 Å². The van der Waals surface area contributed by atoms with Gasteiger partial charge in [-0.3, -0.25) is 0 Å². The largest absolute Gasteiger partial charge is 0.491 e. The minimum atomic E-state index is -0.722. The normalized spacial score (nSPS) is 20.4. The Labute approximate surface area is 298 Å². The monoisotopic (exact) mass is 696 g/mol. The zero-order valence-electron chi connectivity index (χ0n) is 28.0. The second kappa shape index (κ2) is 17.7. The second-order valence-electron chi connectivity index (χ2n) is 12.3. The average molecular weight is 697 g/mol. The van der Waals surface area contributed by atoms with Gasteiger partial charge in [-0.25, -0.2) is 4.39 Å². The van der Waals surface area contributed by atoms with Crippen molar-refractivity contribution in [3.8, 4) is 5.75 Å². The van der Waals surface area contributed by atoms with Crippen molar-refractivity contribution < 1.29 is 33.2 Å². The number of hydrogen-bond acceptors (Lipinski definition) is 6. The van der Waals surface area contributed by atoms with E-state index in [2.05, 4.69) is 0 Å². The lowest BCUT2D eigenvalue weighted by Crippen LogP contribution is -2.58. The van der Waals surface area contributed by atoms with Gasteiger partial charge in [-0.2, -0.15) is 0 Å². The topological polar surface area (TPSA) is 66.4 Å². The van der Waals surface area contributed by atoms with Crippen LogP contribution in [-0.2, 0) is 45.2 Å². The summed E-state index contributed by atoms with van der Waals surface area (Å²) in [6.07, 6.45) is -2.91. The number of ether oxygens (including phenoxy) is 5. The van der Waals surface area contributed by atoms with E-state index in [9.17, 15) is 9.50 Å². The fourth-order valence-corrected chi connectivity index (χ4v) is 6.44. The Bertz CT molecular complexity index is 1770. The number of benzene rings is 5. The van der Waals surface area contributed by atoms with Crippen LogP contribution in [0, 0.1) is 5.82 Å². The van der Waals surface area contributed by atoms with Crippen molar-refractivity contribution in [1.82, 2.24) is 0 Å². The summed E-state index contributed by atoms with van der Waals surface area (Å²) in [4.78, 5) is 0. The molecule has 50 heavy (non-hydrogen) atoms. The lowest BCUT2D eigenvalue weighted by molar-refractivity contribution is -0.272. The minimum Gasteiger partial charge on any atom is -0.491 e. The fraction of sp³-hybridized carbons (Fsp3) is 0.286. The first-order chi connectivity index (χ1) is 24.5. The van der Waals surface area contributed by atoms with Crippen LogP contribution in [0.4, 0.5) is 4.39 Å². The zero-order chi connectivity index (χ0) is 34.7. The lowest BCUT2D eigenvalue weighted by atomic mass is 9.89. The van der Waals surface area contributed by atoms with Crippen LogP contribution in [0.2, 0.25) is 5.02 Å². The van der Waals surface area contributed by atoms with Crippen LogP contribution in [0.3, 0.4) is 0 Å². The molecule has 1 aliphatic rings. The third-order valence-electron chi connectivity index (χ3n) is 8.76. The number of halogens is 2. The Hall–Kier alpha value is -4.08. The van der Waals surface area contributed by atoms with Crippen molar-refractivity contribution in [3.05, 3.63) is 172 Å². The second-order valence-corrected chi connectivity index (χ2v) is 12.7. The molecule has 0 bridgehead atoms. The minimum absolute atomic E-state index is 0.214. The highest BCUT2D eigenvalue weighted by Gasteiger charge is 2.48. The van der Waals surface area contributed by atoms with E-state index in [-0.39, 0.29) is 12.4 Å². The van der Waals surface area contributed by atoms with Crippen LogP contribution >= 0.6 is 11.6 Å². The Morgan fingerprint density at radius 1 is 0.660 bits per heavy atom. The highest BCUT2D eigenvalue weighted by atomic mass is 35.5. The van der Waals surface area contributed by atoms with Crippen molar-refractivity contribution in [1.29, 1.82) is 0 Å². The molecule has 0 saturated carbocycles. The van der Waals surface area contributed by atoms with Gasteiger partial charge in [0.05, 0.1) is 33.0 Å². The molecule has 0 radical (unpaired) electrons. The van der Waals surface area contributed by atoms with E-state index in [1.165, 1.54) is 6.07 Å². The van der Waals surface area contributed by atoms with Gasteiger partial charge in [-0.15, -0.1) is 0 Å². The Balaban J connectivity index is 1.35. The maximum atomic E-state index is 14.8. The summed E-state index contributed by atoms with van der Waals surface area (Å²) >= 11 is 6.73. The standard InChI is InChI=1S/C42H42ClFO6/c1-2-46-37-21-18-32(23-36(37)44)22-34-24-33(19-20-35(34)43)39-41(48-27-30-14-8-4-9-15-30)42(49-28-31-16-10-5-11-17-31)40(38(25-45)50-39)47-26-29-12-6-3-7-13-29/h3-21,23-24,38-42,45H,2,22,25-28H2,1H3/t38-,39+,40-,41+,42+/m1/s1. The molecule has 0 unspecified atom stereocenters. The van der Waals surface area contributed by atoms with Gasteiger partial charge in [0.2, 0.25) is 0 Å². The van der Waals surface area contributed by atoms with Gasteiger partial charge in [-0.1, -0.05) is 121 Å². The van der Waals surface area contributed by atoms with E-state index in [0.717, 1.165) is 33.4 Å². The molecule has 0 aromatic heterocycles. The molecule has 1 aliphatic heterocycles. The first-order valence-corrected chi connectivity index (χ1v) is 17.3. The molecule has 1 heterocycles. The Kier molecular flexibility index (Phi) is 12.7. The van der Waals surface area contributed by atoms with E-state index >= 15 is 0 Å². The van der Waals surface area contributed by atoms with Crippen molar-refractivity contribution in [2.24, 2.45) is 0 Å². The van der Waals surface area contributed by atoms with Crippen LogP contribution < -0.4 is 4.74 Å². The van der Waals surface area contributed by atoms with Crippen LogP contribution in [-0.4, -0.2) is 42.7 Å². The first kappa shape index (κ1) is 35.7. The SMILES string of the molecule is CCOc1ccc(Cc2cc([C@@H]3O[C@H](CO)[C@@H](OCc4ccccc4)[C@H](OCc4ccccc4)[C@H]3OCc3ccccc3)ccc2Cl)cc1F. The maximum absolute atomic E-state index is 14.8. The highest BCUT2D eigenvalue weighted by molar-refractivity contribution is 6.31. The summed E-state index contributed by atoms with van der Waals surface area (Å²) in [6.45, 7) is 2.82. The van der Waals surface area contributed by atoms with Gasteiger partial charge in [0.25, 0.3) is 0 Å². The molecule has 0 aliphatic carbocycles. The maximum Gasteiger partial charge on any atom is 0.165 e. The Morgan fingerprint density at radius 2 is 1.22 bits per heavy atom. The molecule has 6 nitrogen and oxygen atoms in total. The van der Waals surface area contributed by atoms with Crippen LogP contribution in [0.5, 0.6) is 5.75 Å². The molecule has 260 valence electrons. The molecular weight excluding hydrogens is 655 g/mol. The van der Waals surface area contributed by atoms with Crippen molar-refractivity contribution >= 4 is 11.6 Å². The third kappa shape index (κ3) is 9.17. The molecular formula is C42H42ClFO6. The molecule has 0 spiro atoms. The van der Waals surface area contributed by atoms with Gasteiger partial charge in [0.15, 0.2) is 11.6 Å². The summed E-state index contributed by atoms with van der Waals surface area (Å²) in [5.74, 6) is -0.210. The molecule has 6 rings (SSSR count). The summed E-state index contributed by atoms with van der Waals surface area (Å²) < 4.78 is 46.9. The number of aliphatic hydroxyl groups excluding tert-OH is 1. The quantitative estimate of drug-likeness (QED) is 0.118. The molecule has 5 aromatic rings.